The third-order valence-electron chi connectivity index (χ3n) is 3.90. The monoisotopic (exact) mass is 326 g/mol. The minimum absolute atomic E-state index is 0.0576. The van der Waals surface area contributed by atoms with E-state index in [-0.39, 0.29) is 12.5 Å². The van der Waals surface area contributed by atoms with Crippen LogP contribution in [-0.2, 0) is 11.3 Å². The summed E-state index contributed by atoms with van der Waals surface area (Å²) in [6.45, 7) is 4.64. The van der Waals surface area contributed by atoms with Crippen LogP contribution in [-0.4, -0.2) is 10.5 Å². The number of fused-ring (bicyclic) bond motifs is 1. The molecular weight excluding hydrogens is 308 g/mol. The highest BCUT2D eigenvalue weighted by Crippen LogP contribution is 2.22. The zero-order chi connectivity index (χ0) is 16.4. The second-order valence-electron chi connectivity index (χ2n) is 5.97. The number of anilines is 1. The van der Waals surface area contributed by atoms with Crippen LogP contribution in [0.15, 0.2) is 54.7 Å². The molecule has 3 rings (SSSR count). The van der Waals surface area contributed by atoms with Gasteiger partial charge in [-0.3, -0.25) is 4.79 Å². The molecule has 2 aromatic carbocycles. The van der Waals surface area contributed by atoms with Gasteiger partial charge in [0.2, 0.25) is 5.91 Å². The lowest BCUT2D eigenvalue weighted by molar-refractivity contribution is -0.116. The van der Waals surface area contributed by atoms with E-state index in [1.807, 2.05) is 10.8 Å². The summed E-state index contributed by atoms with van der Waals surface area (Å²) < 4.78 is 1.96. The molecule has 0 aliphatic rings. The predicted octanol–water partition coefficient (Wildman–Crippen LogP) is 5.06. The Morgan fingerprint density at radius 2 is 1.87 bits per heavy atom. The van der Waals surface area contributed by atoms with Gasteiger partial charge >= 0.3 is 0 Å². The number of carbonyl (C=O) groups excluding carboxylic acids is 1. The van der Waals surface area contributed by atoms with Crippen molar-refractivity contribution in [3.05, 3.63) is 65.3 Å². The van der Waals surface area contributed by atoms with Crippen molar-refractivity contribution in [2.75, 3.05) is 5.32 Å². The molecule has 0 aliphatic heterocycles. The molecular formula is C19H19ClN2O. The highest BCUT2D eigenvalue weighted by molar-refractivity contribution is 6.30. The zero-order valence-electron chi connectivity index (χ0n) is 13.2. The number of hydrogen-bond acceptors (Lipinski definition) is 1. The normalized spacial score (nSPS) is 11.1. The molecule has 3 aromatic rings. The van der Waals surface area contributed by atoms with Crippen molar-refractivity contribution in [3.8, 4) is 0 Å². The fraction of sp³-hybridized carbons (Fsp3) is 0.211. The predicted molar refractivity (Wildman–Crippen MR) is 96.1 cm³/mol. The van der Waals surface area contributed by atoms with Crippen molar-refractivity contribution in [1.29, 1.82) is 0 Å². The van der Waals surface area contributed by atoms with Crippen LogP contribution >= 0.6 is 11.6 Å². The molecule has 4 heteroatoms. The lowest BCUT2D eigenvalue weighted by Gasteiger charge is -2.09. The van der Waals surface area contributed by atoms with Gasteiger partial charge in [0, 0.05) is 22.4 Å². The van der Waals surface area contributed by atoms with Crippen LogP contribution < -0.4 is 5.32 Å². The van der Waals surface area contributed by atoms with Crippen LogP contribution in [0.5, 0.6) is 0 Å². The Labute approximate surface area is 140 Å². The van der Waals surface area contributed by atoms with Crippen LogP contribution in [0.25, 0.3) is 10.9 Å². The summed E-state index contributed by atoms with van der Waals surface area (Å²) in [5, 5.41) is 4.70. The van der Waals surface area contributed by atoms with Gasteiger partial charge in [-0.15, -0.1) is 0 Å². The molecule has 0 unspecified atom stereocenters. The SMILES string of the molecule is CC(C)c1ccc2c(ccn2CC(=O)Nc2ccc(Cl)cc2)c1. The number of carbonyl (C=O) groups is 1. The molecule has 0 bridgehead atoms. The Hall–Kier alpha value is -2.26. The largest absolute Gasteiger partial charge is 0.338 e. The maximum atomic E-state index is 12.2. The molecule has 0 radical (unpaired) electrons. The minimum atomic E-state index is -0.0576. The van der Waals surface area contributed by atoms with Gasteiger partial charge in [0.05, 0.1) is 0 Å². The summed E-state index contributed by atoms with van der Waals surface area (Å²) in [5.41, 5.74) is 3.12. The quantitative estimate of drug-likeness (QED) is 0.714. The first-order chi connectivity index (χ1) is 11.0. The second kappa shape index (κ2) is 6.47. The minimum Gasteiger partial charge on any atom is -0.338 e. The third kappa shape index (κ3) is 3.57. The molecule has 0 saturated carbocycles. The number of hydrogen-bond donors (Lipinski definition) is 1. The molecule has 0 fully saturated rings. The van der Waals surface area contributed by atoms with E-state index in [2.05, 4.69) is 43.4 Å². The Balaban J connectivity index is 1.76. The average molecular weight is 327 g/mol. The highest BCUT2D eigenvalue weighted by Gasteiger charge is 2.08. The van der Waals surface area contributed by atoms with E-state index in [9.17, 15) is 4.79 Å². The summed E-state index contributed by atoms with van der Waals surface area (Å²) in [7, 11) is 0. The number of aromatic nitrogens is 1. The van der Waals surface area contributed by atoms with Gasteiger partial charge in [0.25, 0.3) is 0 Å². The van der Waals surface area contributed by atoms with E-state index >= 15 is 0 Å². The number of nitrogens with one attached hydrogen (secondary N) is 1. The maximum Gasteiger partial charge on any atom is 0.244 e. The molecule has 1 aromatic heterocycles. The first-order valence-corrected chi connectivity index (χ1v) is 8.05. The van der Waals surface area contributed by atoms with E-state index in [1.165, 1.54) is 5.56 Å². The number of nitrogens with zero attached hydrogens (tertiary/aromatic N) is 1. The number of amides is 1. The molecule has 1 heterocycles. The number of benzene rings is 2. The van der Waals surface area contributed by atoms with E-state index in [1.54, 1.807) is 24.3 Å². The highest BCUT2D eigenvalue weighted by atomic mass is 35.5. The summed E-state index contributed by atoms with van der Waals surface area (Å²) in [6, 6.07) is 15.6. The summed E-state index contributed by atoms with van der Waals surface area (Å²) in [5.74, 6) is 0.439. The molecule has 0 atom stereocenters. The average Bonchev–Trinajstić information content (AvgIpc) is 2.92. The molecule has 0 spiro atoms. The Morgan fingerprint density at radius 3 is 2.57 bits per heavy atom. The molecule has 1 amide bonds. The maximum absolute atomic E-state index is 12.2. The van der Waals surface area contributed by atoms with Crippen LogP contribution in [0.1, 0.15) is 25.3 Å². The molecule has 0 aliphatic carbocycles. The van der Waals surface area contributed by atoms with Crippen LogP contribution in [0.2, 0.25) is 5.02 Å². The summed E-state index contributed by atoms with van der Waals surface area (Å²) in [4.78, 5) is 12.2. The van der Waals surface area contributed by atoms with Gasteiger partial charge in [0.15, 0.2) is 0 Å². The van der Waals surface area contributed by atoms with Gasteiger partial charge in [0.1, 0.15) is 6.54 Å². The molecule has 23 heavy (non-hydrogen) atoms. The van der Waals surface area contributed by atoms with Gasteiger partial charge in [-0.1, -0.05) is 31.5 Å². The first kappa shape index (κ1) is 15.6. The Morgan fingerprint density at radius 1 is 1.13 bits per heavy atom. The van der Waals surface area contributed by atoms with E-state index < -0.39 is 0 Å². The van der Waals surface area contributed by atoms with Crippen LogP contribution in [0, 0.1) is 0 Å². The first-order valence-electron chi connectivity index (χ1n) is 7.67. The van der Waals surface area contributed by atoms with Crippen molar-refractivity contribution in [2.24, 2.45) is 0 Å². The van der Waals surface area contributed by atoms with E-state index in [4.69, 9.17) is 11.6 Å². The zero-order valence-corrected chi connectivity index (χ0v) is 14.0. The molecule has 1 N–H and O–H groups in total. The lowest BCUT2D eigenvalue weighted by atomic mass is 10.0. The van der Waals surface area contributed by atoms with Crippen molar-refractivity contribution in [2.45, 2.75) is 26.3 Å². The Kier molecular flexibility index (Phi) is 4.39. The fourth-order valence-electron chi connectivity index (χ4n) is 2.60. The van der Waals surface area contributed by atoms with Gasteiger partial charge < -0.3 is 9.88 Å². The van der Waals surface area contributed by atoms with Crippen molar-refractivity contribution >= 4 is 34.1 Å². The summed E-state index contributed by atoms with van der Waals surface area (Å²) in [6.07, 6.45) is 1.95. The summed E-state index contributed by atoms with van der Waals surface area (Å²) >= 11 is 5.85. The molecule has 0 saturated heterocycles. The molecule has 3 nitrogen and oxygen atoms in total. The van der Waals surface area contributed by atoms with Gasteiger partial charge in [-0.2, -0.15) is 0 Å². The topological polar surface area (TPSA) is 34.0 Å². The Bertz CT molecular complexity index is 834. The fourth-order valence-corrected chi connectivity index (χ4v) is 2.73. The second-order valence-corrected chi connectivity index (χ2v) is 6.41. The van der Waals surface area contributed by atoms with Crippen LogP contribution in [0.4, 0.5) is 5.69 Å². The lowest BCUT2D eigenvalue weighted by Crippen LogP contribution is -2.18. The number of halogens is 1. The number of rotatable bonds is 4. The standard InChI is InChI=1S/C19H19ClN2O/c1-13(2)14-3-8-18-15(11-14)9-10-22(18)12-19(23)21-17-6-4-16(20)5-7-17/h3-11,13H,12H2,1-2H3,(H,21,23). The molecule has 118 valence electrons. The van der Waals surface area contributed by atoms with Crippen molar-refractivity contribution in [3.63, 3.8) is 0 Å². The van der Waals surface area contributed by atoms with Crippen molar-refractivity contribution < 1.29 is 4.79 Å². The van der Waals surface area contributed by atoms with Gasteiger partial charge in [-0.05, 0) is 59.3 Å². The smallest absolute Gasteiger partial charge is 0.244 e. The van der Waals surface area contributed by atoms with Crippen molar-refractivity contribution in [1.82, 2.24) is 4.57 Å². The van der Waals surface area contributed by atoms with E-state index in [0.717, 1.165) is 16.6 Å². The van der Waals surface area contributed by atoms with Crippen LogP contribution in [0.3, 0.4) is 0 Å². The van der Waals surface area contributed by atoms with Gasteiger partial charge in [-0.25, -0.2) is 0 Å². The third-order valence-corrected chi connectivity index (χ3v) is 4.16. The van der Waals surface area contributed by atoms with E-state index in [0.29, 0.717) is 10.9 Å².